The van der Waals surface area contributed by atoms with Gasteiger partial charge in [0.1, 0.15) is 0 Å². The Kier molecular flexibility index (Phi) is 12.1. The molecule has 0 aliphatic heterocycles. The number of nitrogens with zero attached hydrogens (tertiary/aromatic N) is 2. The molecule has 0 spiro atoms. The van der Waals surface area contributed by atoms with Crippen LogP contribution in [0.15, 0.2) is 0 Å². The number of hydrogen-bond donors (Lipinski definition) is 0. The largest absolute Gasteiger partial charge is 0.198 e. The zero-order valence-corrected chi connectivity index (χ0v) is 10.7. The molecule has 0 radical (unpaired) electrons. The summed E-state index contributed by atoms with van der Waals surface area (Å²) in [6.07, 6.45) is 2.77. The molecule has 0 aromatic carbocycles. The zero-order valence-electron chi connectivity index (χ0n) is 10.7. The molecule has 0 aliphatic rings. The van der Waals surface area contributed by atoms with Crippen molar-refractivity contribution in [2.45, 2.75) is 53.9 Å². The third-order valence-corrected chi connectivity index (χ3v) is 1.88. The summed E-state index contributed by atoms with van der Waals surface area (Å²) < 4.78 is 0. The normalized spacial score (nSPS) is 11.3. The van der Waals surface area contributed by atoms with Crippen molar-refractivity contribution in [1.29, 1.82) is 10.5 Å². The molecule has 2 heteroatoms. The maximum Gasteiger partial charge on any atom is 0.0652 e. The summed E-state index contributed by atoms with van der Waals surface area (Å²) in [6, 6.07) is 4.30. The van der Waals surface area contributed by atoms with Crippen LogP contribution >= 0.6 is 0 Å². The highest BCUT2D eigenvalue weighted by Crippen LogP contribution is 2.08. The van der Waals surface area contributed by atoms with E-state index in [9.17, 15) is 0 Å². The molecule has 0 aromatic heterocycles. The Bertz CT molecular complexity index is 206. The Morgan fingerprint density at radius 2 is 1.47 bits per heavy atom. The molecule has 2 nitrogen and oxygen atoms in total. The van der Waals surface area contributed by atoms with Gasteiger partial charge < -0.3 is 0 Å². The second-order valence-corrected chi connectivity index (χ2v) is 4.75. The van der Waals surface area contributed by atoms with Gasteiger partial charge in [-0.2, -0.15) is 10.5 Å². The molecule has 0 heterocycles. The minimum Gasteiger partial charge on any atom is -0.198 e. The molecular formula is C13H24N2. The molecule has 0 saturated carbocycles. The van der Waals surface area contributed by atoms with Gasteiger partial charge in [0, 0.05) is 12.3 Å². The predicted octanol–water partition coefficient (Wildman–Crippen LogP) is 4.14. The van der Waals surface area contributed by atoms with Crippen molar-refractivity contribution < 1.29 is 0 Å². The maximum atomic E-state index is 8.33. The van der Waals surface area contributed by atoms with Crippen LogP contribution in [0.3, 0.4) is 0 Å². The van der Waals surface area contributed by atoms with Gasteiger partial charge in [0.05, 0.1) is 12.1 Å². The number of rotatable bonds is 4. The fraction of sp³-hybridized carbons (Fsp3) is 0.846. The lowest BCUT2D eigenvalue weighted by atomic mass is 10.0. The van der Waals surface area contributed by atoms with Crippen LogP contribution in [0.2, 0.25) is 0 Å². The van der Waals surface area contributed by atoms with Crippen LogP contribution in [0.5, 0.6) is 0 Å². The second-order valence-electron chi connectivity index (χ2n) is 4.75. The van der Waals surface area contributed by atoms with Gasteiger partial charge in [-0.3, -0.25) is 0 Å². The molecular weight excluding hydrogens is 184 g/mol. The summed E-state index contributed by atoms with van der Waals surface area (Å²) in [7, 11) is 0. The summed E-state index contributed by atoms with van der Waals surface area (Å²) >= 11 is 0. The van der Waals surface area contributed by atoms with Gasteiger partial charge >= 0.3 is 0 Å². The van der Waals surface area contributed by atoms with Crippen molar-refractivity contribution >= 4 is 0 Å². The van der Waals surface area contributed by atoms with E-state index < -0.39 is 0 Å². The number of hydrogen-bond acceptors (Lipinski definition) is 2. The highest BCUT2D eigenvalue weighted by molar-refractivity contribution is 4.78. The van der Waals surface area contributed by atoms with Gasteiger partial charge in [-0.05, 0) is 31.6 Å². The van der Waals surface area contributed by atoms with Crippen molar-refractivity contribution in [3.8, 4) is 12.1 Å². The molecule has 0 aromatic rings. The third kappa shape index (κ3) is 19.4. The van der Waals surface area contributed by atoms with Crippen molar-refractivity contribution in [2.24, 2.45) is 17.8 Å². The fourth-order valence-corrected chi connectivity index (χ4v) is 1.11. The lowest BCUT2D eigenvalue weighted by Crippen LogP contribution is -1.95. The fourth-order valence-electron chi connectivity index (χ4n) is 1.11. The summed E-state index contributed by atoms with van der Waals surface area (Å²) in [4.78, 5) is 0. The molecule has 0 bridgehead atoms. The van der Waals surface area contributed by atoms with Gasteiger partial charge in [-0.1, -0.05) is 27.7 Å². The quantitative estimate of drug-likeness (QED) is 0.697. The summed E-state index contributed by atoms with van der Waals surface area (Å²) in [5.74, 6) is 1.57. The van der Waals surface area contributed by atoms with Gasteiger partial charge in [0.15, 0.2) is 0 Å². The van der Waals surface area contributed by atoms with Crippen molar-refractivity contribution in [2.75, 3.05) is 0 Å². The van der Waals surface area contributed by atoms with Crippen LogP contribution in [-0.4, -0.2) is 0 Å². The Balaban J connectivity index is 0. The van der Waals surface area contributed by atoms with Crippen LogP contribution in [-0.2, 0) is 0 Å². The average molecular weight is 208 g/mol. The summed E-state index contributed by atoms with van der Waals surface area (Å²) in [5, 5.41) is 16.4. The summed E-state index contributed by atoms with van der Waals surface area (Å²) in [6.45, 7) is 10.5. The van der Waals surface area contributed by atoms with Crippen LogP contribution in [0.4, 0.5) is 0 Å². The summed E-state index contributed by atoms with van der Waals surface area (Å²) in [5.41, 5.74) is 0. The Morgan fingerprint density at radius 3 is 1.60 bits per heavy atom. The highest BCUT2D eigenvalue weighted by atomic mass is 14.3. The van der Waals surface area contributed by atoms with E-state index in [2.05, 4.69) is 39.8 Å². The van der Waals surface area contributed by atoms with Crippen molar-refractivity contribution in [3.63, 3.8) is 0 Å². The van der Waals surface area contributed by atoms with Gasteiger partial charge in [-0.25, -0.2) is 0 Å². The lowest BCUT2D eigenvalue weighted by molar-refractivity contribution is 0.510. The standard InChI is InChI=1S/C7H13N.C6H11N/c1-6(2)4-7(3)5-8;1-6(2)4-3-5-7/h6-7H,4H2,1-3H3;6H,3-4H2,1-2H3. The number of nitriles is 2. The highest BCUT2D eigenvalue weighted by Gasteiger charge is 2.00. The molecule has 0 rings (SSSR count). The molecule has 0 amide bonds. The Morgan fingerprint density at radius 1 is 0.933 bits per heavy atom. The first-order chi connectivity index (χ1) is 6.93. The van der Waals surface area contributed by atoms with Crippen LogP contribution in [0, 0.1) is 40.4 Å². The molecule has 0 saturated heterocycles. The molecule has 0 aliphatic carbocycles. The minimum atomic E-state index is 0.231. The second kappa shape index (κ2) is 11.1. The van der Waals surface area contributed by atoms with Crippen LogP contribution < -0.4 is 0 Å². The van der Waals surface area contributed by atoms with E-state index >= 15 is 0 Å². The smallest absolute Gasteiger partial charge is 0.0652 e. The molecule has 86 valence electrons. The van der Waals surface area contributed by atoms with E-state index in [4.69, 9.17) is 10.5 Å². The maximum absolute atomic E-state index is 8.33. The molecule has 1 atom stereocenters. The van der Waals surface area contributed by atoms with E-state index in [1.165, 1.54) is 0 Å². The van der Waals surface area contributed by atoms with E-state index in [0.29, 0.717) is 18.3 Å². The van der Waals surface area contributed by atoms with Gasteiger partial charge in [-0.15, -0.1) is 0 Å². The van der Waals surface area contributed by atoms with Gasteiger partial charge in [0.25, 0.3) is 0 Å². The molecule has 0 N–H and O–H groups in total. The van der Waals surface area contributed by atoms with Crippen molar-refractivity contribution in [1.82, 2.24) is 0 Å². The SMILES string of the molecule is CC(C)CC(C)C#N.CC(C)CCC#N. The zero-order chi connectivity index (χ0) is 12.3. The molecule has 15 heavy (non-hydrogen) atoms. The first-order valence-electron chi connectivity index (χ1n) is 5.70. The monoisotopic (exact) mass is 208 g/mol. The van der Waals surface area contributed by atoms with E-state index in [1.807, 2.05) is 6.92 Å². The Hall–Kier alpha value is -1.02. The minimum absolute atomic E-state index is 0.231. The third-order valence-electron chi connectivity index (χ3n) is 1.88. The van der Waals surface area contributed by atoms with Crippen LogP contribution in [0.1, 0.15) is 53.9 Å². The first kappa shape index (κ1) is 16.4. The molecule has 0 fully saturated rings. The van der Waals surface area contributed by atoms with E-state index in [0.717, 1.165) is 12.8 Å². The van der Waals surface area contributed by atoms with Crippen molar-refractivity contribution in [3.05, 3.63) is 0 Å². The average Bonchev–Trinajstić information content (AvgIpc) is 2.14. The predicted molar refractivity (Wildman–Crippen MR) is 63.9 cm³/mol. The first-order valence-corrected chi connectivity index (χ1v) is 5.70. The van der Waals surface area contributed by atoms with Gasteiger partial charge in [0.2, 0.25) is 0 Å². The molecule has 1 unspecified atom stereocenters. The van der Waals surface area contributed by atoms with E-state index in [-0.39, 0.29) is 5.92 Å². The van der Waals surface area contributed by atoms with Crippen LogP contribution in [0.25, 0.3) is 0 Å². The lowest BCUT2D eigenvalue weighted by Gasteiger charge is -2.03. The Labute approximate surface area is 94.9 Å². The topological polar surface area (TPSA) is 47.6 Å². The van der Waals surface area contributed by atoms with E-state index in [1.54, 1.807) is 0 Å².